The molecule has 0 aliphatic heterocycles. The first-order valence-electron chi connectivity index (χ1n) is 4.98. The van der Waals surface area contributed by atoms with Gasteiger partial charge < -0.3 is 0 Å². The highest BCUT2D eigenvalue weighted by atomic mass is 32.1. The minimum Gasteiger partial charge on any atom is -0.255 e. The summed E-state index contributed by atoms with van der Waals surface area (Å²) in [7, 11) is 0.500. The summed E-state index contributed by atoms with van der Waals surface area (Å²) < 4.78 is 9.50. The zero-order chi connectivity index (χ0) is 12.6. The molecule has 2 aromatic rings. The van der Waals surface area contributed by atoms with Gasteiger partial charge in [0.2, 0.25) is 0 Å². The minimum atomic E-state index is 0.500. The summed E-state index contributed by atoms with van der Waals surface area (Å²) in [6.07, 6.45) is 0. The zero-order valence-corrected chi connectivity index (χ0v) is 12.1. The molecule has 90 valence electrons. The van der Waals surface area contributed by atoms with Crippen LogP contribution in [0.5, 0.6) is 0 Å². The number of hydrogen-bond acceptors (Lipinski definition) is 2. The van der Waals surface area contributed by atoms with Gasteiger partial charge in [-0.15, -0.1) is 0 Å². The highest BCUT2D eigenvalue weighted by molar-refractivity contribution is 7.08. The summed E-state index contributed by atoms with van der Waals surface area (Å²) in [4.78, 5) is 0. The lowest BCUT2D eigenvalue weighted by Gasteiger charge is -1.79. The second kappa shape index (κ2) is 8.48. The molecule has 0 fully saturated rings. The van der Waals surface area contributed by atoms with Gasteiger partial charge in [-0.25, -0.2) is 0 Å². The number of aryl methyl sites for hydroxylation is 4. The highest BCUT2D eigenvalue weighted by Crippen LogP contribution is 2.11. The minimum absolute atomic E-state index is 0.500. The summed E-state index contributed by atoms with van der Waals surface area (Å²) in [6, 6.07) is 0. The molecule has 0 radical (unpaired) electrons. The van der Waals surface area contributed by atoms with Crippen molar-refractivity contribution in [3.05, 3.63) is 43.8 Å². The molecule has 0 bridgehead atoms. The standard InChI is InChI=1S/2C6H8S.CH3F/c2*1-5-3-7-4-6(5)2;1-2/h2*3-4H,1-2H3;1H3. The first kappa shape index (κ1) is 15.3. The van der Waals surface area contributed by atoms with E-state index in [1.165, 1.54) is 22.3 Å². The summed E-state index contributed by atoms with van der Waals surface area (Å²) >= 11 is 3.53. The SMILES string of the molecule is CF.Cc1cscc1C.Cc1cscc1C. The molecule has 3 heteroatoms. The van der Waals surface area contributed by atoms with Crippen molar-refractivity contribution in [2.24, 2.45) is 0 Å². The van der Waals surface area contributed by atoms with Crippen LogP contribution in [0.1, 0.15) is 22.3 Å². The van der Waals surface area contributed by atoms with Crippen LogP contribution >= 0.6 is 22.7 Å². The maximum absolute atomic E-state index is 9.50. The van der Waals surface area contributed by atoms with Gasteiger partial charge in [0.1, 0.15) is 0 Å². The Bertz CT molecular complexity index is 317. The van der Waals surface area contributed by atoms with Crippen LogP contribution < -0.4 is 0 Å². The van der Waals surface area contributed by atoms with E-state index in [2.05, 4.69) is 49.2 Å². The van der Waals surface area contributed by atoms with E-state index in [1.807, 2.05) is 0 Å². The molecule has 0 amide bonds. The van der Waals surface area contributed by atoms with Crippen molar-refractivity contribution in [3.63, 3.8) is 0 Å². The molecule has 0 spiro atoms. The fourth-order valence-electron chi connectivity index (χ4n) is 0.848. The van der Waals surface area contributed by atoms with E-state index < -0.39 is 0 Å². The number of hydrogen-bond donors (Lipinski definition) is 0. The monoisotopic (exact) mass is 258 g/mol. The first-order chi connectivity index (χ1) is 7.61. The average molecular weight is 258 g/mol. The fraction of sp³-hybridized carbons (Fsp3) is 0.385. The Kier molecular flexibility index (Phi) is 8.12. The van der Waals surface area contributed by atoms with Gasteiger partial charge in [0.05, 0.1) is 7.18 Å². The van der Waals surface area contributed by atoms with Crippen LogP contribution in [0.3, 0.4) is 0 Å². The van der Waals surface area contributed by atoms with Crippen LogP contribution in [0.2, 0.25) is 0 Å². The predicted octanol–water partition coefficient (Wildman–Crippen LogP) is 5.32. The number of rotatable bonds is 0. The summed E-state index contributed by atoms with van der Waals surface area (Å²) in [6.45, 7) is 8.52. The second-order valence-electron chi connectivity index (χ2n) is 3.48. The molecule has 2 aromatic heterocycles. The lowest BCUT2D eigenvalue weighted by atomic mass is 10.2. The summed E-state index contributed by atoms with van der Waals surface area (Å²) in [5.41, 5.74) is 5.63. The van der Waals surface area contributed by atoms with Crippen molar-refractivity contribution in [2.45, 2.75) is 27.7 Å². The Labute approximate surface area is 106 Å². The lowest BCUT2D eigenvalue weighted by Crippen LogP contribution is -1.63. The maximum atomic E-state index is 9.50. The molecular weight excluding hydrogens is 239 g/mol. The predicted molar refractivity (Wildman–Crippen MR) is 74.6 cm³/mol. The first-order valence-corrected chi connectivity index (χ1v) is 6.86. The fourth-order valence-corrected chi connectivity index (χ4v) is 2.54. The van der Waals surface area contributed by atoms with E-state index in [4.69, 9.17) is 0 Å². The quantitative estimate of drug-likeness (QED) is 0.600. The van der Waals surface area contributed by atoms with Gasteiger partial charge >= 0.3 is 0 Å². The number of thiophene rings is 2. The van der Waals surface area contributed by atoms with Gasteiger partial charge in [0, 0.05) is 0 Å². The van der Waals surface area contributed by atoms with Crippen molar-refractivity contribution in [1.82, 2.24) is 0 Å². The third-order valence-electron chi connectivity index (χ3n) is 2.22. The molecule has 0 saturated carbocycles. The Hall–Kier alpha value is -0.670. The van der Waals surface area contributed by atoms with E-state index in [-0.39, 0.29) is 0 Å². The molecule has 0 saturated heterocycles. The lowest BCUT2D eigenvalue weighted by molar-refractivity contribution is 0.636. The topological polar surface area (TPSA) is 0 Å². The van der Waals surface area contributed by atoms with Crippen molar-refractivity contribution in [3.8, 4) is 0 Å². The molecule has 0 aliphatic rings. The zero-order valence-electron chi connectivity index (χ0n) is 10.5. The maximum Gasteiger partial charge on any atom is 0.0785 e. The van der Waals surface area contributed by atoms with Crippen molar-refractivity contribution in [2.75, 3.05) is 7.18 Å². The van der Waals surface area contributed by atoms with Crippen LogP contribution in [0.15, 0.2) is 21.5 Å². The Morgan fingerprint density at radius 3 is 0.875 bits per heavy atom. The third kappa shape index (κ3) is 5.42. The van der Waals surface area contributed by atoms with E-state index in [0.29, 0.717) is 7.18 Å². The van der Waals surface area contributed by atoms with Gasteiger partial charge in [0.25, 0.3) is 0 Å². The van der Waals surface area contributed by atoms with E-state index >= 15 is 0 Å². The highest BCUT2D eigenvalue weighted by Gasteiger charge is 1.87. The van der Waals surface area contributed by atoms with Crippen LogP contribution in [0, 0.1) is 27.7 Å². The molecular formula is C13H19FS2. The molecule has 2 rings (SSSR count). The van der Waals surface area contributed by atoms with Gasteiger partial charge in [-0.05, 0) is 71.5 Å². The molecule has 0 N–H and O–H groups in total. The van der Waals surface area contributed by atoms with E-state index in [9.17, 15) is 4.39 Å². The van der Waals surface area contributed by atoms with Crippen molar-refractivity contribution < 1.29 is 4.39 Å². The molecule has 0 unspecified atom stereocenters. The molecule has 0 atom stereocenters. The van der Waals surface area contributed by atoms with E-state index in [0.717, 1.165) is 0 Å². The molecule has 0 nitrogen and oxygen atoms in total. The van der Waals surface area contributed by atoms with Crippen molar-refractivity contribution >= 4 is 22.7 Å². The molecule has 0 aliphatic carbocycles. The van der Waals surface area contributed by atoms with Gasteiger partial charge in [-0.2, -0.15) is 22.7 Å². The normalized spacial score (nSPS) is 8.62. The third-order valence-corrected chi connectivity index (χ3v) is 4.18. The van der Waals surface area contributed by atoms with Crippen molar-refractivity contribution in [1.29, 1.82) is 0 Å². The number of halogens is 1. The van der Waals surface area contributed by atoms with Gasteiger partial charge in [-0.1, -0.05) is 0 Å². The van der Waals surface area contributed by atoms with E-state index in [1.54, 1.807) is 22.7 Å². The van der Waals surface area contributed by atoms with Gasteiger partial charge in [0.15, 0.2) is 0 Å². The Morgan fingerprint density at radius 1 is 0.625 bits per heavy atom. The van der Waals surface area contributed by atoms with Crippen LogP contribution in [-0.2, 0) is 0 Å². The Balaban J connectivity index is 0.000000244. The molecule has 16 heavy (non-hydrogen) atoms. The number of alkyl halides is 1. The van der Waals surface area contributed by atoms with Gasteiger partial charge in [-0.3, -0.25) is 4.39 Å². The summed E-state index contributed by atoms with van der Waals surface area (Å²) in [5.74, 6) is 0. The Morgan fingerprint density at radius 2 is 0.812 bits per heavy atom. The second-order valence-corrected chi connectivity index (χ2v) is 4.96. The average Bonchev–Trinajstić information content (AvgIpc) is 2.83. The largest absolute Gasteiger partial charge is 0.255 e. The molecule has 0 aromatic carbocycles. The van der Waals surface area contributed by atoms with Crippen LogP contribution in [0.25, 0.3) is 0 Å². The molecule has 2 heterocycles. The van der Waals surface area contributed by atoms with Crippen LogP contribution in [0.4, 0.5) is 4.39 Å². The summed E-state index contributed by atoms with van der Waals surface area (Å²) in [5, 5.41) is 8.65. The smallest absolute Gasteiger partial charge is 0.0785 e. The van der Waals surface area contributed by atoms with Crippen LogP contribution in [-0.4, -0.2) is 7.18 Å².